The number of para-hydroxylation sites is 1. The van der Waals surface area contributed by atoms with Crippen LogP contribution in [0.3, 0.4) is 0 Å². The van der Waals surface area contributed by atoms with E-state index in [2.05, 4.69) is 59.4 Å². The van der Waals surface area contributed by atoms with Crippen molar-refractivity contribution in [2.45, 2.75) is 64.7 Å². The number of anilines is 3. The Morgan fingerprint density at radius 3 is 2.45 bits per heavy atom. The normalized spacial score (nSPS) is 15.9. The second kappa shape index (κ2) is 13.9. The molecule has 2 aliphatic heterocycles. The van der Waals surface area contributed by atoms with Gasteiger partial charge < -0.3 is 10.0 Å². The Balaban J connectivity index is 1.25. The largest absolute Gasteiger partial charge is 0.476 e. The van der Waals surface area contributed by atoms with E-state index < -0.39 is 11.9 Å². The highest BCUT2D eigenvalue weighted by Gasteiger charge is 2.34. The standard InChI is InChI=1S/C36H39N3O3/c1-2-3-4-5-6-8-13-27-19-22-30(23-20-27)38-25-12-15-29-26-28(21-24-33(29)38)14-11-18-32-34(36(41)42)37-39(35(32)40)31-16-9-7-10-17-31/h7,9-11,14,16-24,26H,2-6,8,12-13,15,25H2,1H3,(H,41,42)/b14-11+,32-18-. The van der Waals surface area contributed by atoms with Gasteiger partial charge in [-0.3, -0.25) is 4.79 Å². The average Bonchev–Trinajstić information content (AvgIpc) is 3.35. The first-order valence-corrected chi connectivity index (χ1v) is 15.1. The van der Waals surface area contributed by atoms with Crippen molar-refractivity contribution in [1.29, 1.82) is 0 Å². The van der Waals surface area contributed by atoms with Gasteiger partial charge in [0.05, 0.1) is 11.3 Å². The second-order valence-corrected chi connectivity index (χ2v) is 11.0. The number of carboxylic acid groups (broad SMARTS) is 1. The summed E-state index contributed by atoms with van der Waals surface area (Å²) in [5, 5.41) is 14.8. The van der Waals surface area contributed by atoms with Gasteiger partial charge in [0.2, 0.25) is 0 Å². The number of nitrogens with zero attached hydrogens (tertiary/aromatic N) is 3. The first-order valence-electron chi connectivity index (χ1n) is 15.1. The number of unbranched alkanes of at least 4 members (excludes halogenated alkanes) is 5. The van der Waals surface area contributed by atoms with E-state index in [1.165, 1.54) is 67.1 Å². The van der Waals surface area contributed by atoms with Crippen molar-refractivity contribution < 1.29 is 14.7 Å². The summed E-state index contributed by atoms with van der Waals surface area (Å²) >= 11 is 0. The van der Waals surface area contributed by atoms with Gasteiger partial charge in [-0.25, -0.2) is 4.79 Å². The molecule has 0 bridgehead atoms. The van der Waals surface area contributed by atoms with E-state index in [1.807, 2.05) is 12.1 Å². The Bertz CT molecular complexity index is 1490. The number of allylic oxidation sites excluding steroid dienone is 2. The van der Waals surface area contributed by atoms with Crippen LogP contribution in [0.5, 0.6) is 0 Å². The zero-order chi connectivity index (χ0) is 29.3. The minimum Gasteiger partial charge on any atom is -0.476 e. The Labute approximate surface area is 248 Å². The maximum Gasteiger partial charge on any atom is 0.357 e. The lowest BCUT2D eigenvalue weighted by Gasteiger charge is -2.31. The molecule has 0 spiro atoms. The molecule has 1 N–H and O–H groups in total. The molecule has 0 aromatic heterocycles. The van der Waals surface area contributed by atoms with Crippen molar-refractivity contribution in [3.63, 3.8) is 0 Å². The summed E-state index contributed by atoms with van der Waals surface area (Å²) in [6.45, 7) is 3.25. The van der Waals surface area contributed by atoms with Gasteiger partial charge in [0, 0.05) is 17.9 Å². The number of carboxylic acids is 1. The molecule has 42 heavy (non-hydrogen) atoms. The molecule has 6 heteroatoms. The number of hydrogen-bond donors (Lipinski definition) is 1. The Morgan fingerprint density at radius 1 is 0.929 bits per heavy atom. The van der Waals surface area contributed by atoms with Crippen LogP contribution < -0.4 is 9.91 Å². The van der Waals surface area contributed by atoms with E-state index in [1.54, 1.807) is 30.3 Å². The van der Waals surface area contributed by atoms with E-state index >= 15 is 0 Å². The first-order chi connectivity index (χ1) is 20.5. The molecule has 3 aromatic rings. The Hall–Kier alpha value is -4.45. The smallest absolute Gasteiger partial charge is 0.357 e. The van der Waals surface area contributed by atoms with Crippen molar-refractivity contribution >= 4 is 40.7 Å². The number of fused-ring (bicyclic) bond motifs is 1. The van der Waals surface area contributed by atoms with Crippen LogP contribution in [-0.4, -0.2) is 29.2 Å². The highest BCUT2D eigenvalue weighted by atomic mass is 16.4. The van der Waals surface area contributed by atoms with Crippen LogP contribution in [0.15, 0.2) is 95.6 Å². The third-order valence-electron chi connectivity index (χ3n) is 7.92. The van der Waals surface area contributed by atoms with Crippen LogP contribution in [-0.2, 0) is 22.4 Å². The molecule has 2 aliphatic rings. The number of aryl methyl sites for hydroxylation is 2. The van der Waals surface area contributed by atoms with Crippen LogP contribution in [0.2, 0.25) is 0 Å². The number of aliphatic carboxylic acids is 1. The van der Waals surface area contributed by atoms with Crippen LogP contribution in [0, 0.1) is 0 Å². The van der Waals surface area contributed by atoms with Crippen LogP contribution in [0.1, 0.15) is 68.6 Å². The fourth-order valence-electron chi connectivity index (χ4n) is 5.66. The van der Waals surface area contributed by atoms with Crippen molar-refractivity contribution in [3.8, 4) is 0 Å². The molecule has 3 aromatic carbocycles. The molecule has 5 rings (SSSR count). The molecule has 0 radical (unpaired) electrons. The monoisotopic (exact) mass is 561 g/mol. The molecule has 0 fully saturated rings. The van der Waals surface area contributed by atoms with Crippen molar-refractivity contribution in [3.05, 3.63) is 107 Å². The molecular formula is C36H39N3O3. The molecule has 0 saturated heterocycles. The average molecular weight is 562 g/mol. The third kappa shape index (κ3) is 6.88. The minimum absolute atomic E-state index is 0.0617. The van der Waals surface area contributed by atoms with Crippen molar-refractivity contribution in [2.24, 2.45) is 5.10 Å². The lowest BCUT2D eigenvalue weighted by molar-refractivity contribution is -0.129. The van der Waals surface area contributed by atoms with Gasteiger partial charge >= 0.3 is 5.97 Å². The summed E-state index contributed by atoms with van der Waals surface area (Å²) in [4.78, 5) is 27.2. The van der Waals surface area contributed by atoms with Crippen molar-refractivity contribution in [2.75, 3.05) is 16.5 Å². The van der Waals surface area contributed by atoms with Gasteiger partial charge in [0.25, 0.3) is 5.91 Å². The van der Waals surface area contributed by atoms with Crippen LogP contribution in [0.25, 0.3) is 6.08 Å². The predicted octanol–water partition coefficient (Wildman–Crippen LogP) is 8.10. The number of benzene rings is 3. The number of hydrogen-bond acceptors (Lipinski definition) is 4. The molecule has 0 unspecified atom stereocenters. The summed E-state index contributed by atoms with van der Waals surface area (Å²) in [7, 11) is 0. The minimum atomic E-state index is -1.23. The fourth-order valence-corrected chi connectivity index (χ4v) is 5.66. The molecule has 0 aliphatic carbocycles. The van der Waals surface area contributed by atoms with Gasteiger partial charge in [-0.2, -0.15) is 10.1 Å². The zero-order valence-corrected chi connectivity index (χ0v) is 24.3. The maximum atomic E-state index is 13.0. The molecule has 6 nitrogen and oxygen atoms in total. The van der Waals surface area contributed by atoms with E-state index in [0.717, 1.165) is 36.4 Å². The number of hydrazone groups is 1. The highest BCUT2D eigenvalue weighted by Crippen LogP contribution is 2.34. The molecule has 216 valence electrons. The molecule has 1 amide bonds. The van der Waals surface area contributed by atoms with Crippen molar-refractivity contribution in [1.82, 2.24) is 0 Å². The molecule has 0 saturated carbocycles. The van der Waals surface area contributed by atoms with Crippen LogP contribution in [0.4, 0.5) is 17.1 Å². The number of carbonyl (C=O) groups excluding carboxylic acids is 1. The van der Waals surface area contributed by atoms with Gasteiger partial charge in [0.15, 0.2) is 5.71 Å². The molecule has 2 heterocycles. The lowest BCUT2D eigenvalue weighted by Crippen LogP contribution is -2.24. The van der Waals surface area contributed by atoms with E-state index in [0.29, 0.717) is 5.69 Å². The van der Waals surface area contributed by atoms with Gasteiger partial charge in [-0.15, -0.1) is 0 Å². The zero-order valence-electron chi connectivity index (χ0n) is 24.3. The van der Waals surface area contributed by atoms with E-state index in [9.17, 15) is 14.7 Å². The predicted molar refractivity (Wildman–Crippen MR) is 171 cm³/mol. The lowest BCUT2D eigenvalue weighted by atomic mass is 9.98. The van der Waals surface area contributed by atoms with Gasteiger partial charge in [-0.05, 0) is 84.8 Å². The summed E-state index contributed by atoms with van der Waals surface area (Å²) in [5.74, 6) is -1.69. The molecular weight excluding hydrogens is 522 g/mol. The SMILES string of the molecule is CCCCCCCCc1ccc(N2CCCc3cc(/C=C/C=C4\C(=O)N(c5ccccc5)N=C4C(=O)O)ccc32)cc1. The third-order valence-corrected chi connectivity index (χ3v) is 7.92. The summed E-state index contributed by atoms with van der Waals surface area (Å²) in [5.41, 5.74) is 6.47. The summed E-state index contributed by atoms with van der Waals surface area (Å²) < 4.78 is 0. The number of rotatable bonds is 12. The summed E-state index contributed by atoms with van der Waals surface area (Å²) in [6.07, 6.45) is 16.3. The maximum absolute atomic E-state index is 13.0. The van der Waals surface area contributed by atoms with E-state index in [4.69, 9.17) is 0 Å². The van der Waals surface area contributed by atoms with E-state index in [-0.39, 0.29) is 11.3 Å². The summed E-state index contributed by atoms with van der Waals surface area (Å²) in [6, 6.07) is 24.3. The first kappa shape index (κ1) is 29.1. The highest BCUT2D eigenvalue weighted by molar-refractivity contribution is 6.52. The van der Waals surface area contributed by atoms with Crippen LogP contribution >= 0.6 is 0 Å². The molecule has 0 atom stereocenters. The Morgan fingerprint density at radius 2 is 1.69 bits per heavy atom. The van der Waals surface area contributed by atoms with Gasteiger partial charge in [0.1, 0.15) is 0 Å². The quantitative estimate of drug-likeness (QED) is 0.179. The second-order valence-electron chi connectivity index (χ2n) is 11.0. The fraction of sp³-hybridized carbons (Fsp3) is 0.306. The Kier molecular flexibility index (Phi) is 9.65. The topological polar surface area (TPSA) is 73.2 Å². The number of amides is 1. The number of carbonyl (C=O) groups is 2. The van der Waals surface area contributed by atoms with Gasteiger partial charge in [-0.1, -0.05) is 87.6 Å².